The van der Waals surface area contributed by atoms with Gasteiger partial charge in [-0.15, -0.1) is 0 Å². The molecule has 1 saturated carbocycles. The van der Waals surface area contributed by atoms with E-state index in [4.69, 9.17) is 5.73 Å². The Bertz CT molecular complexity index is 447. The zero-order valence-electron chi connectivity index (χ0n) is 13.3. The molecule has 3 N–H and O–H groups in total. The lowest BCUT2D eigenvalue weighted by atomic mass is 9.83. The molecule has 1 aliphatic carbocycles. The first-order valence-electron chi connectivity index (χ1n) is 8.19. The summed E-state index contributed by atoms with van der Waals surface area (Å²) in [5, 5.41) is 3.26. The Kier molecular flexibility index (Phi) is 5.80. The van der Waals surface area contributed by atoms with Crippen LogP contribution in [0.1, 0.15) is 69.0 Å². The molecule has 1 aromatic rings. The van der Waals surface area contributed by atoms with Crippen molar-refractivity contribution in [1.82, 2.24) is 5.32 Å². The summed E-state index contributed by atoms with van der Waals surface area (Å²) >= 11 is 0. The number of rotatable bonds is 6. The molecule has 116 valence electrons. The lowest BCUT2D eigenvalue weighted by Crippen LogP contribution is -2.34. The summed E-state index contributed by atoms with van der Waals surface area (Å²) in [5.41, 5.74) is 7.95. The molecule has 0 bridgehead atoms. The molecule has 3 nitrogen and oxygen atoms in total. The minimum absolute atomic E-state index is 0.179. The Balaban J connectivity index is 2.05. The standard InChI is InChI=1S/C18H28N2O/c1-13(2)18(20-12-17(19)21)16-10-8-15(9-11-16)14-6-4-3-5-7-14/h8-11,13-14,18,20H,3-7,12H2,1-2H3,(H2,19,21)/t18-/m1/s1. The number of hydrogen-bond donors (Lipinski definition) is 2. The molecule has 1 atom stereocenters. The minimum atomic E-state index is -0.306. The van der Waals surface area contributed by atoms with Crippen molar-refractivity contribution in [2.45, 2.75) is 57.9 Å². The number of carbonyl (C=O) groups excluding carboxylic acids is 1. The SMILES string of the molecule is CC(C)[C@@H](NCC(N)=O)c1ccc(C2CCCCC2)cc1. The second-order valence-corrected chi connectivity index (χ2v) is 6.57. The molecule has 1 aromatic carbocycles. The van der Waals surface area contributed by atoms with Gasteiger partial charge in [0.2, 0.25) is 5.91 Å². The molecule has 3 heteroatoms. The molecule has 0 aliphatic heterocycles. The first-order chi connectivity index (χ1) is 10.1. The van der Waals surface area contributed by atoms with E-state index in [1.54, 1.807) is 0 Å². The van der Waals surface area contributed by atoms with Crippen LogP contribution in [-0.4, -0.2) is 12.5 Å². The fourth-order valence-corrected chi connectivity index (χ4v) is 3.36. The van der Waals surface area contributed by atoms with Crippen molar-refractivity contribution in [3.8, 4) is 0 Å². The van der Waals surface area contributed by atoms with Crippen LogP contribution in [0.3, 0.4) is 0 Å². The molecular weight excluding hydrogens is 260 g/mol. The lowest BCUT2D eigenvalue weighted by Gasteiger charge is -2.25. The maximum Gasteiger partial charge on any atom is 0.231 e. The van der Waals surface area contributed by atoms with Crippen LogP contribution in [-0.2, 0) is 4.79 Å². The van der Waals surface area contributed by atoms with Crippen molar-refractivity contribution in [2.75, 3.05) is 6.54 Å². The number of nitrogens with one attached hydrogen (secondary N) is 1. The van der Waals surface area contributed by atoms with E-state index in [9.17, 15) is 4.79 Å². The highest BCUT2D eigenvalue weighted by atomic mass is 16.1. The smallest absolute Gasteiger partial charge is 0.231 e. The largest absolute Gasteiger partial charge is 0.369 e. The predicted octanol–water partition coefficient (Wildman–Crippen LogP) is 3.51. The fourth-order valence-electron chi connectivity index (χ4n) is 3.36. The molecule has 1 amide bonds. The lowest BCUT2D eigenvalue weighted by molar-refractivity contribution is -0.117. The minimum Gasteiger partial charge on any atom is -0.369 e. The molecule has 1 aliphatic rings. The highest BCUT2D eigenvalue weighted by Gasteiger charge is 2.18. The highest BCUT2D eigenvalue weighted by molar-refractivity contribution is 5.75. The third-order valence-corrected chi connectivity index (χ3v) is 4.54. The van der Waals surface area contributed by atoms with E-state index in [2.05, 4.69) is 43.4 Å². The summed E-state index contributed by atoms with van der Waals surface area (Å²) in [4.78, 5) is 11.0. The van der Waals surface area contributed by atoms with Gasteiger partial charge in [0.25, 0.3) is 0 Å². The van der Waals surface area contributed by atoms with Gasteiger partial charge in [-0.3, -0.25) is 4.79 Å². The van der Waals surface area contributed by atoms with Crippen molar-refractivity contribution in [2.24, 2.45) is 11.7 Å². The van der Waals surface area contributed by atoms with Crippen molar-refractivity contribution in [3.05, 3.63) is 35.4 Å². The van der Waals surface area contributed by atoms with Gasteiger partial charge in [-0.25, -0.2) is 0 Å². The Morgan fingerprint density at radius 3 is 2.33 bits per heavy atom. The van der Waals surface area contributed by atoms with E-state index in [0.29, 0.717) is 5.92 Å². The van der Waals surface area contributed by atoms with Crippen molar-refractivity contribution in [3.63, 3.8) is 0 Å². The Morgan fingerprint density at radius 2 is 1.81 bits per heavy atom. The molecule has 21 heavy (non-hydrogen) atoms. The van der Waals surface area contributed by atoms with Crippen LogP contribution in [0.4, 0.5) is 0 Å². The number of carbonyl (C=O) groups is 1. The molecule has 0 saturated heterocycles. The van der Waals surface area contributed by atoms with Gasteiger partial charge in [-0.2, -0.15) is 0 Å². The van der Waals surface area contributed by atoms with Crippen LogP contribution in [0.25, 0.3) is 0 Å². The Labute approximate surface area is 128 Å². The van der Waals surface area contributed by atoms with Gasteiger partial charge in [0.15, 0.2) is 0 Å². The van der Waals surface area contributed by atoms with E-state index >= 15 is 0 Å². The summed E-state index contributed by atoms with van der Waals surface area (Å²) < 4.78 is 0. The van der Waals surface area contributed by atoms with Crippen LogP contribution >= 0.6 is 0 Å². The number of nitrogens with two attached hydrogens (primary N) is 1. The van der Waals surface area contributed by atoms with Crippen molar-refractivity contribution < 1.29 is 4.79 Å². The molecule has 0 spiro atoms. The van der Waals surface area contributed by atoms with Gasteiger partial charge >= 0.3 is 0 Å². The summed E-state index contributed by atoms with van der Waals surface area (Å²) in [6, 6.07) is 9.14. The summed E-state index contributed by atoms with van der Waals surface area (Å²) in [6.45, 7) is 4.55. The second-order valence-electron chi connectivity index (χ2n) is 6.57. The molecule has 0 unspecified atom stereocenters. The predicted molar refractivity (Wildman–Crippen MR) is 87.0 cm³/mol. The van der Waals surface area contributed by atoms with Crippen LogP contribution in [0, 0.1) is 5.92 Å². The maximum absolute atomic E-state index is 11.0. The second kappa shape index (κ2) is 7.60. The van der Waals surface area contributed by atoms with Gasteiger partial charge in [0.1, 0.15) is 0 Å². The zero-order valence-corrected chi connectivity index (χ0v) is 13.3. The molecule has 0 aromatic heterocycles. The summed E-state index contributed by atoms with van der Waals surface area (Å²) in [7, 11) is 0. The summed E-state index contributed by atoms with van der Waals surface area (Å²) in [5.74, 6) is 0.855. The molecular formula is C18H28N2O. The van der Waals surface area contributed by atoms with E-state index < -0.39 is 0 Å². The van der Waals surface area contributed by atoms with Crippen LogP contribution in [0.15, 0.2) is 24.3 Å². The quantitative estimate of drug-likeness (QED) is 0.841. The Hall–Kier alpha value is -1.35. The fraction of sp³-hybridized carbons (Fsp3) is 0.611. The number of benzene rings is 1. The molecule has 2 rings (SSSR count). The number of amides is 1. The first-order valence-corrected chi connectivity index (χ1v) is 8.19. The van der Waals surface area contributed by atoms with Gasteiger partial charge in [-0.1, -0.05) is 57.4 Å². The Morgan fingerprint density at radius 1 is 1.19 bits per heavy atom. The van der Waals surface area contributed by atoms with E-state index in [1.807, 2.05) is 0 Å². The summed E-state index contributed by atoms with van der Waals surface area (Å²) in [6.07, 6.45) is 6.77. The van der Waals surface area contributed by atoms with E-state index in [0.717, 1.165) is 5.92 Å². The zero-order chi connectivity index (χ0) is 15.2. The van der Waals surface area contributed by atoms with Crippen LogP contribution in [0.2, 0.25) is 0 Å². The van der Waals surface area contributed by atoms with Gasteiger partial charge in [0, 0.05) is 6.04 Å². The highest BCUT2D eigenvalue weighted by Crippen LogP contribution is 2.33. The average Bonchev–Trinajstić information content (AvgIpc) is 2.48. The third kappa shape index (κ3) is 4.57. The topological polar surface area (TPSA) is 55.1 Å². The van der Waals surface area contributed by atoms with E-state index in [1.165, 1.54) is 43.2 Å². The van der Waals surface area contributed by atoms with Gasteiger partial charge in [-0.05, 0) is 35.8 Å². The number of primary amides is 1. The number of hydrogen-bond acceptors (Lipinski definition) is 2. The molecule has 0 radical (unpaired) electrons. The molecule has 1 fully saturated rings. The maximum atomic E-state index is 11.0. The third-order valence-electron chi connectivity index (χ3n) is 4.54. The first kappa shape index (κ1) is 16.0. The average molecular weight is 288 g/mol. The van der Waals surface area contributed by atoms with Crippen LogP contribution < -0.4 is 11.1 Å². The molecule has 0 heterocycles. The van der Waals surface area contributed by atoms with Gasteiger partial charge in [0.05, 0.1) is 6.54 Å². The van der Waals surface area contributed by atoms with Crippen LogP contribution in [0.5, 0.6) is 0 Å². The van der Waals surface area contributed by atoms with Gasteiger partial charge < -0.3 is 11.1 Å². The van der Waals surface area contributed by atoms with Crippen molar-refractivity contribution in [1.29, 1.82) is 0 Å². The van der Waals surface area contributed by atoms with E-state index in [-0.39, 0.29) is 18.5 Å². The monoisotopic (exact) mass is 288 g/mol. The van der Waals surface area contributed by atoms with Crippen molar-refractivity contribution >= 4 is 5.91 Å². The normalized spacial score (nSPS) is 17.9.